The molecule has 0 aliphatic heterocycles. The van der Waals surface area contributed by atoms with Gasteiger partial charge in [-0.3, -0.25) is 9.67 Å². The molecule has 1 unspecified atom stereocenters. The Morgan fingerprint density at radius 3 is 2.74 bits per heavy atom. The summed E-state index contributed by atoms with van der Waals surface area (Å²) in [6.07, 6.45) is 7.49. The Bertz CT molecular complexity index is 524. The topological polar surface area (TPSA) is 52.0 Å². The van der Waals surface area contributed by atoms with Gasteiger partial charge in [0.2, 0.25) is 0 Å². The van der Waals surface area contributed by atoms with Crippen molar-refractivity contribution in [3.63, 3.8) is 0 Å². The van der Waals surface area contributed by atoms with E-state index in [2.05, 4.69) is 22.3 Å². The summed E-state index contributed by atoms with van der Waals surface area (Å²) in [4.78, 5) is 4.25. The van der Waals surface area contributed by atoms with Gasteiger partial charge in [0.15, 0.2) is 0 Å². The maximum Gasteiger partial charge on any atom is 0.137 e. The number of aromatic nitrogens is 3. The van der Waals surface area contributed by atoms with Gasteiger partial charge in [-0.25, -0.2) is 0 Å². The Labute approximate surface area is 113 Å². The highest BCUT2D eigenvalue weighted by molar-refractivity contribution is 5.32. The number of pyridine rings is 1. The SMILES string of the molecule is CCNC(c1cncc(OCC)c1)c1cnn(C)c1. The summed E-state index contributed by atoms with van der Waals surface area (Å²) in [5, 5.41) is 7.68. The normalized spacial score (nSPS) is 12.4. The maximum absolute atomic E-state index is 5.50. The third kappa shape index (κ3) is 3.32. The fraction of sp³-hybridized carbons (Fsp3) is 0.429. The molecule has 2 rings (SSSR count). The van der Waals surface area contributed by atoms with Crippen LogP contribution in [0.5, 0.6) is 5.75 Å². The lowest BCUT2D eigenvalue weighted by Crippen LogP contribution is -2.21. The zero-order valence-electron chi connectivity index (χ0n) is 11.6. The van der Waals surface area contributed by atoms with Gasteiger partial charge >= 0.3 is 0 Å². The van der Waals surface area contributed by atoms with Crippen molar-refractivity contribution in [3.8, 4) is 5.75 Å². The molecule has 0 aliphatic carbocycles. The Kier molecular flexibility index (Phi) is 4.52. The summed E-state index contributed by atoms with van der Waals surface area (Å²) >= 11 is 0. The van der Waals surface area contributed by atoms with Crippen molar-refractivity contribution < 1.29 is 4.74 Å². The quantitative estimate of drug-likeness (QED) is 0.862. The average molecular weight is 260 g/mol. The van der Waals surface area contributed by atoms with Crippen molar-refractivity contribution in [2.75, 3.05) is 13.2 Å². The van der Waals surface area contributed by atoms with Gasteiger partial charge in [-0.1, -0.05) is 6.92 Å². The predicted molar refractivity (Wildman–Crippen MR) is 74.1 cm³/mol. The van der Waals surface area contributed by atoms with E-state index in [0.717, 1.165) is 23.4 Å². The van der Waals surface area contributed by atoms with Crippen LogP contribution >= 0.6 is 0 Å². The van der Waals surface area contributed by atoms with E-state index < -0.39 is 0 Å². The minimum atomic E-state index is 0.0895. The summed E-state index contributed by atoms with van der Waals surface area (Å²) in [6.45, 7) is 5.57. The Morgan fingerprint density at radius 1 is 1.26 bits per heavy atom. The van der Waals surface area contributed by atoms with E-state index in [1.165, 1.54) is 0 Å². The number of ether oxygens (including phenoxy) is 1. The highest BCUT2D eigenvalue weighted by Gasteiger charge is 2.15. The van der Waals surface area contributed by atoms with Crippen LogP contribution in [0.3, 0.4) is 0 Å². The molecule has 0 aliphatic rings. The zero-order chi connectivity index (χ0) is 13.7. The number of hydrogen-bond donors (Lipinski definition) is 1. The lowest BCUT2D eigenvalue weighted by molar-refractivity contribution is 0.338. The van der Waals surface area contributed by atoms with E-state index >= 15 is 0 Å². The van der Waals surface area contributed by atoms with Gasteiger partial charge in [-0.2, -0.15) is 5.10 Å². The molecular formula is C14H20N4O. The molecule has 2 heterocycles. The first-order valence-corrected chi connectivity index (χ1v) is 6.54. The van der Waals surface area contributed by atoms with Crippen molar-refractivity contribution in [1.29, 1.82) is 0 Å². The molecule has 2 aromatic heterocycles. The first kappa shape index (κ1) is 13.5. The van der Waals surface area contributed by atoms with Gasteiger partial charge in [0, 0.05) is 25.0 Å². The first-order valence-electron chi connectivity index (χ1n) is 6.54. The van der Waals surface area contributed by atoms with E-state index in [0.29, 0.717) is 6.61 Å². The first-order chi connectivity index (χ1) is 9.24. The van der Waals surface area contributed by atoms with Crippen molar-refractivity contribution in [3.05, 3.63) is 42.0 Å². The van der Waals surface area contributed by atoms with E-state index in [-0.39, 0.29) is 6.04 Å². The molecule has 0 radical (unpaired) electrons. The van der Waals surface area contributed by atoms with Gasteiger partial charge in [0.1, 0.15) is 5.75 Å². The van der Waals surface area contributed by atoms with Gasteiger partial charge in [0.05, 0.1) is 25.0 Å². The van der Waals surface area contributed by atoms with Gasteiger partial charge in [-0.05, 0) is 25.1 Å². The molecule has 5 nitrogen and oxygen atoms in total. The van der Waals surface area contributed by atoms with E-state index in [9.17, 15) is 0 Å². The molecule has 2 aromatic rings. The molecule has 0 aromatic carbocycles. The van der Waals surface area contributed by atoms with E-state index in [1.54, 1.807) is 10.9 Å². The smallest absolute Gasteiger partial charge is 0.137 e. The molecule has 0 amide bonds. The third-order valence-corrected chi connectivity index (χ3v) is 2.85. The second-order valence-electron chi connectivity index (χ2n) is 4.33. The second kappa shape index (κ2) is 6.33. The molecule has 0 saturated carbocycles. The third-order valence-electron chi connectivity index (χ3n) is 2.85. The van der Waals surface area contributed by atoms with Crippen LogP contribution in [0.1, 0.15) is 31.0 Å². The van der Waals surface area contributed by atoms with Crippen molar-refractivity contribution in [2.24, 2.45) is 7.05 Å². The monoisotopic (exact) mass is 260 g/mol. The lowest BCUT2D eigenvalue weighted by atomic mass is 10.0. The highest BCUT2D eigenvalue weighted by Crippen LogP contribution is 2.23. The summed E-state index contributed by atoms with van der Waals surface area (Å²) < 4.78 is 7.31. The standard InChI is InChI=1S/C14H20N4O/c1-4-16-14(12-8-17-18(3)10-12)11-6-13(19-5-2)9-15-7-11/h6-10,14,16H,4-5H2,1-3H3. The number of nitrogens with zero attached hydrogens (tertiary/aromatic N) is 3. The molecule has 19 heavy (non-hydrogen) atoms. The second-order valence-corrected chi connectivity index (χ2v) is 4.33. The molecular weight excluding hydrogens is 240 g/mol. The summed E-state index contributed by atoms with van der Waals surface area (Å²) in [5.74, 6) is 0.798. The van der Waals surface area contributed by atoms with Gasteiger partial charge < -0.3 is 10.1 Å². The fourth-order valence-corrected chi connectivity index (χ4v) is 2.06. The Balaban J connectivity index is 2.30. The average Bonchev–Trinajstić information content (AvgIpc) is 2.83. The summed E-state index contributed by atoms with van der Waals surface area (Å²) in [5.41, 5.74) is 2.21. The van der Waals surface area contributed by atoms with Crippen LogP contribution in [0.25, 0.3) is 0 Å². The highest BCUT2D eigenvalue weighted by atomic mass is 16.5. The van der Waals surface area contributed by atoms with E-state index in [4.69, 9.17) is 4.74 Å². The van der Waals surface area contributed by atoms with Crippen molar-refractivity contribution in [1.82, 2.24) is 20.1 Å². The van der Waals surface area contributed by atoms with Crippen LogP contribution in [-0.4, -0.2) is 27.9 Å². The van der Waals surface area contributed by atoms with Crippen LogP contribution in [0, 0.1) is 0 Å². The Morgan fingerprint density at radius 2 is 2.11 bits per heavy atom. The van der Waals surface area contributed by atoms with Gasteiger partial charge in [-0.15, -0.1) is 0 Å². The molecule has 0 fully saturated rings. The Hall–Kier alpha value is -1.88. The van der Waals surface area contributed by atoms with E-state index in [1.807, 2.05) is 38.6 Å². The van der Waals surface area contributed by atoms with Crippen LogP contribution in [0.2, 0.25) is 0 Å². The number of aryl methyl sites for hydroxylation is 1. The molecule has 5 heteroatoms. The number of rotatable bonds is 6. The largest absolute Gasteiger partial charge is 0.492 e. The molecule has 1 atom stereocenters. The van der Waals surface area contributed by atoms with Crippen molar-refractivity contribution in [2.45, 2.75) is 19.9 Å². The zero-order valence-corrected chi connectivity index (χ0v) is 11.6. The molecule has 0 spiro atoms. The van der Waals surface area contributed by atoms with Crippen LogP contribution < -0.4 is 10.1 Å². The fourth-order valence-electron chi connectivity index (χ4n) is 2.06. The minimum absolute atomic E-state index is 0.0895. The maximum atomic E-state index is 5.50. The molecule has 0 bridgehead atoms. The number of hydrogen-bond acceptors (Lipinski definition) is 4. The molecule has 1 N–H and O–H groups in total. The molecule has 0 saturated heterocycles. The lowest BCUT2D eigenvalue weighted by Gasteiger charge is -2.17. The van der Waals surface area contributed by atoms with Crippen molar-refractivity contribution >= 4 is 0 Å². The summed E-state index contributed by atoms with van der Waals surface area (Å²) in [6, 6.07) is 2.11. The van der Waals surface area contributed by atoms with Crippen LogP contribution in [0.15, 0.2) is 30.9 Å². The number of nitrogens with one attached hydrogen (secondary N) is 1. The molecule has 102 valence electrons. The minimum Gasteiger partial charge on any atom is -0.492 e. The van der Waals surface area contributed by atoms with Crippen LogP contribution in [0.4, 0.5) is 0 Å². The summed E-state index contributed by atoms with van der Waals surface area (Å²) in [7, 11) is 1.92. The predicted octanol–water partition coefficient (Wildman–Crippen LogP) is 1.91. The van der Waals surface area contributed by atoms with Gasteiger partial charge in [0.25, 0.3) is 0 Å². The van der Waals surface area contributed by atoms with Crippen LogP contribution in [-0.2, 0) is 7.05 Å².